The number of halogens is 1. The molecule has 96 valence electrons. The lowest BCUT2D eigenvalue weighted by Crippen LogP contribution is -2.05. The number of nitrogens with two attached hydrogens (primary N) is 1. The van der Waals surface area contributed by atoms with Crippen LogP contribution in [0.5, 0.6) is 0 Å². The summed E-state index contributed by atoms with van der Waals surface area (Å²) in [5.41, 5.74) is 7.50. The summed E-state index contributed by atoms with van der Waals surface area (Å²) in [6, 6.07) is 0. The number of thioether (sulfide) groups is 1. The van der Waals surface area contributed by atoms with E-state index in [2.05, 4.69) is 32.5 Å². The molecule has 0 aliphatic carbocycles. The van der Waals surface area contributed by atoms with Crippen molar-refractivity contribution in [3.63, 3.8) is 0 Å². The lowest BCUT2D eigenvalue weighted by Gasteiger charge is -2.10. The molecule has 0 aliphatic rings. The van der Waals surface area contributed by atoms with Crippen molar-refractivity contribution in [2.45, 2.75) is 25.7 Å². The van der Waals surface area contributed by atoms with Gasteiger partial charge in [-0.05, 0) is 40.8 Å². The Kier molecular flexibility index (Phi) is 7.44. The van der Waals surface area contributed by atoms with Crippen LogP contribution in [0.3, 0.4) is 0 Å². The number of anilines is 2. The van der Waals surface area contributed by atoms with Crippen LogP contribution in [0.25, 0.3) is 0 Å². The van der Waals surface area contributed by atoms with E-state index in [4.69, 9.17) is 5.73 Å². The number of rotatable bonds is 8. The van der Waals surface area contributed by atoms with E-state index in [1.165, 1.54) is 31.4 Å². The van der Waals surface area contributed by atoms with E-state index in [-0.39, 0.29) is 0 Å². The summed E-state index contributed by atoms with van der Waals surface area (Å²) in [6.45, 7) is 0.964. The van der Waals surface area contributed by atoms with Gasteiger partial charge in [-0.25, -0.2) is 0 Å². The van der Waals surface area contributed by atoms with Crippen LogP contribution in [0, 0.1) is 0 Å². The first kappa shape index (κ1) is 14.6. The number of aromatic nitrogens is 1. The molecule has 0 saturated carbocycles. The predicted octanol–water partition coefficient (Wildman–Crippen LogP) is 3.76. The monoisotopic (exact) mass is 317 g/mol. The first-order chi connectivity index (χ1) is 8.25. The van der Waals surface area contributed by atoms with Gasteiger partial charge in [-0.1, -0.05) is 12.8 Å². The van der Waals surface area contributed by atoms with Crippen molar-refractivity contribution in [2.24, 2.45) is 0 Å². The summed E-state index contributed by atoms with van der Waals surface area (Å²) < 4.78 is 0.930. The highest BCUT2D eigenvalue weighted by molar-refractivity contribution is 9.10. The van der Waals surface area contributed by atoms with E-state index in [0.717, 1.165) is 16.7 Å². The molecule has 0 atom stereocenters. The maximum Gasteiger partial charge on any atom is 0.0750 e. The molecular formula is C12H20BrN3S. The molecule has 3 N–H and O–H groups in total. The van der Waals surface area contributed by atoms with Crippen molar-refractivity contribution in [3.05, 3.63) is 16.9 Å². The molecule has 0 spiro atoms. The summed E-state index contributed by atoms with van der Waals surface area (Å²) in [6.07, 6.45) is 10.7. The van der Waals surface area contributed by atoms with E-state index < -0.39 is 0 Å². The minimum atomic E-state index is 0.696. The largest absolute Gasteiger partial charge is 0.396 e. The van der Waals surface area contributed by atoms with Gasteiger partial charge in [-0.15, -0.1) is 0 Å². The number of pyridine rings is 1. The van der Waals surface area contributed by atoms with E-state index in [1.807, 2.05) is 11.8 Å². The minimum Gasteiger partial charge on any atom is -0.396 e. The lowest BCUT2D eigenvalue weighted by molar-refractivity contribution is 0.689. The Labute approximate surface area is 116 Å². The highest BCUT2D eigenvalue weighted by Gasteiger charge is 2.03. The molecule has 0 bridgehead atoms. The predicted molar refractivity (Wildman–Crippen MR) is 81.7 cm³/mol. The number of hydrogen-bond donors (Lipinski definition) is 2. The fourth-order valence-electron chi connectivity index (χ4n) is 1.57. The zero-order valence-corrected chi connectivity index (χ0v) is 12.6. The van der Waals surface area contributed by atoms with Crippen LogP contribution in [-0.2, 0) is 0 Å². The number of hydrogen-bond acceptors (Lipinski definition) is 4. The third-order valence-electron chi connectivity index (χ3n) is 2.51. The number of nitrogen functional groups attached to an aromatic ring is 1. The molecule has 3 nitrogen and oxygen atoms in total. The van der Waals surface area contributed by atoms with E-state index in [9.17, 15) is 0 Å². The van der Waals surface area contributed by atoms with E-state index in [0.29, 0.717) is 5.69 Å². The minimum absolute atomic E-state index is 0.696. The van der Waals surface area contributed by atoms with Crippen molar-refractivity contribution >= 4 is 39.1 Å². The van der Waals surface area contributed by atoms with Gasteiger partial charge in [0.2, 0.25) is 0 Å². The van der Waals surface area contributed by atoms with Gasteiger partial charge in [0.05, 0.1) is 22.0 Å². The third-order valence-corrected chi connectivity index (χ3v) is 3.80. The van der Waals surface area contributed by atoms with Gasteiger partial charge in [0.1, 0.15) is 0 Å². The number of nitrogens with one attached hydrogen (secondary N) is 1. The van der Waals surface area contributed by atoms with Gasteiger partial charge < -0.3 is 11.1 Å². The second-order valence-corrected chi connectivity index (χ2v) is 5.76. The summed E-state index contributed by atoms with van der Waals surface area (Å²) >= 11 is 5.36. The molecule has 0 unspecified atom stereocenters. The summed E-state index contributed by atoms with van der Waals surface area (Å²) in [7, 11) is 0. The Balaban J connectivity index is 2.18. The second-order valence-electron chi connectivity index (χ2n) is 3.92. The number of nitrogens with zero attached hydrogens (tertiary/aromatic N) is 1. The smallest absolute Gasteiger partial charge is 0.0750 e. The molecule has 0 aromatic carbocycles. The molecule has 1 rings (SSSR count). The average molecular weight is 318 g/mol. The van der Waals surface area contributed by atoms with E-state index >= 15 is 0 Å². The van der Waals surface area contributed by atoms with Gasteiger partial charge in [-0.2, -0.15) is 11.8 Å². The zero-order valence-electron chi connectivity index (χ0n) is 10.2. The van der Waals surface area contributed by atoms with Gasteiger partial charge in [-0.3, -0.25) is 4.98 Å². The zero-order chi connectivity index (χ0) is 12.5. The molecular weight excluding hydrogens is 298 g/mol. The maximum absolute atomic E-state index is 5.84. The summed E-state index contributed by atoms with van der Waals surface area (Å²) in [5, 5.41) is 3.36. The van der Waals surface area contributed by atoms with Crippen LogP contribution in [0.2, 0.25) is 0 Å². The third kappa shape index (κ3) is 5.64. The Hall–Kier alpha value is -0.420. The molecule has 17 heavy (non-hydrogen) atoms. The summed E-state index contributed by atoms with van der Waals surface area (Å²) in [4.78, 5) is 4.01. The molecule has 1 heterocycles. The van der Waals surface area contributed by atoms with Crippen LogP contribution in [0.15, 0.2) is 16.9 Å². The highest BCUT2D eigenvalue weighted by Crippen LogP contribution is 2.26. The molecule has 0 aliphatic heterocycles. The molecule has 0 fully saturated rings. The Morgan fingerprint density at radius 2 is 2.06 bits per heavy atom. The SMILES string of the molecule is CSCCCCCCNc1c(N)cncc1Br. The van der Waals surface area contributed by atoms with Gasteiger partial charge in [0.15, 0.2) is 0 Å². The van der Waals surface area contributed by atoms with E-state index in [1.54, 1.807) is 12.4 Å². The van der Waals surface area contributed by atoms with Crippen LogP contribution in [0.4, 0.5) is 11.4 Å². The van der Waals surface area contributed by atoms with Gasteiger partial charge in [0, 0.05) is 12.7 Å². The highest BCUT2D eigenvalue weighted by atomic mass is 79.9. The summed E-state index contributed by atoms with van der Waals surface area (Å²) in [5.74, 6) is 1.27. The fraction of sp³-hybridized carbons (Fsp3) is 0.583. The van der Waals surface area contributed by atoms with Crippen LogP contribution in [0.1, 0.15) is 25.7 Å². The van der Waals surface area contributed by atoms with Gasteiger partial charge >= 0.3 is 0 Å². The maximum atomic E-state index is 5.84. The Morgan fingerprint density at radius 1 is 1.29 bits per heavy atom. The Bertz CT molecular complexity index is 313. The van der Waals surface area contributed by atoms with Gasteiger partial charge in [0.25, 0.3) is 0 Å². The quantitative estimate of drug-likeness (QED) is 0.717. The molecule has 0 saturated heterocycles. The van der Waals surface area contributed by atoms with Crippen LogP contribution in [-0.4, -0.2) is 23.5 Å². The van der Waals surface area contributed by atoms with Crippen molar-refractivity contribution < 1.29 is 0 Å². The van der Waals surface area contributed by atoms with Crippen molar-refractivity contribution in [1.29, 1.82) is 0 Å². The van der Waals surface area contributed by atoms with Crippen molar-refractivity contribution in [2.75, 3.05) is 29.6 Å². The molecule has 0 amide bonds. The topological polar surface area (TPSA) is 50.9 Å². The molecule has 1 aromatic heterocycles. The molecule has 0 radical (unpaired) electrons. The molecule has 5 heteroatoms. The lowest BCUT2D eigenvalue weighted by atomic mass is 10.2. The Morgan fingerprint density at radius 3 is 2.76 bits per heavy atom. The van der Waals surface area contributed by atoms with Crippen molar-refractivity contribution in [1.82, 2.24) is 4.98 Å². The van der Waals surface area contributed by atoms with Crippen molar-refractivity contribution in [3.8, 4) is 0 Å². The second kappa shape index (κ2) is 8.64. The standard InChI is InChI=1S/C12H20BrN3S/c1-17-7-5-3-2-4-6-16-12-10(13)8-15-9-11(12)14/h8-9H,2-7,14H2,1H3,(H,15,16). The normalized spacial score (nSPS) is 10.5. The average Bonchev–Trinajstić information content (AvgIpc) is 2.31. The first-order valence-electron chi connectivity index (χ1n) is 5.87. The fourth-order valence-corrected chi connectivity index (χ4v) is 2.55. The first-order valence-corrected chi connectivity index (χ1v) is 8.06. The molecule has 1 aromatic rings. The van der Waals surface area contributed by atoms with Crippen LogP contribution >= 0.6 is 27.7 Å². The number of unbranched alkanes of at least 4 members (excludes halogenated alkanes) is 3. The van der Waals surface area contributed by atoms with Crippen LogP contribution < -0.4 is 11.1 Å².